The number of aryl methyl sites for hydroxylation is 1. The summed E-state index contributed by atoms with van der Waals surface area (Å²) in [7, 11) is 0. The van der Waals surface area contributed by atoms with Crippen LogP contribution in [0, 0.1) is 0 Å². The zero-order valence-electron chi connectivity index (χ0n) is 9.39. The van der Waals surface area contributed by atoms with Crippen LogP contribution >= 0.6 is 11.3 Å². The molecule has 0 bridgehead atoms. The van der Waals surface area contributed by atoms with Crippen LogP contribution in [0.1, 0.15) is 35.5 Å². The van der Waals surface area contributed by atoms with Gasteiger partial charge in [0.15, 0.2) is 0 Å². The molecule has 2 aromatic rings. The molecule has 0 amide bonds. The molecule has 0 spiro atoms. The van der Waals surface area contributed by atoms with Gasteiger partial charge in [-0.3, -0.25) is 0 Å². The third-order valence-corrected chi connectivity index (χ3v) is 3.57. The molecule has 1 atom stereocenters. The summed E-state index contributed by atoms with van der Waals surface area (Å²) in [6.45, 7) is 2.18. The zero-order valence-corrected chi connectivity index (χ0v) is 10.2. The van der Waals surface area contributed by atoms with E-state index in [1.165, 1.54) is 5.56 Å². The highest BCUT2D eigenvalue weighted by molar-refractivity contribution is 7.10. The predicted molar refractivity (Wildman–Crippen MR) is 68.8 cm³/mol. The van der Waals surface area contributed by atoms with Gasteiger partial charge in [-0.15, -0.1) is 11.3 Å². The summed E-state index contributed by atoms with van der Waals surface area (Å²) in [5, 5.41) is 12.1. The number of hydrogen-bond donors (Lipinski definition) is 1. The number of thiophene rings is 1. The van der Waals surface area contributed by atoms with E-state index >= 15 is 0 Å². The van der Waals surface area contributed by atoms with Crippen LogP contribution in [0.4, 0.5) is 0 Å². The maximum Gasteiger partial charge on any atom is 0.113 e. The standard InChI is InChI=1S/C14H16OS/c1-2-4-11-6-8-12(9-7-11)14(15)13-5-3-10-16-13/h3,5-10,14-15H,2,4H2,1H3/t14-/m1/s1. The van der Waals surface area contributed by atoms with Crippen LogP contribution < -0.4 is 0 Å². The van der Waals surface area contributed by atoms with E-state index < -0.39 is 6.10 Å². The van der Waals surface area contributed by atoms with Gasteiger partial charge in [-0.1, -0.05) is 43.7 Å². The largest absolute Gasteiger partial charge is 0.383 e. The van der Waals surface area contributed by atoms with Gasteiger partial charge in [0, 0.05) is 4.88 Å². The SMILES string of the molecule is CCCc1ccc([C@@H](O)c2cccs2)cc1. The lowest BCUT2D eigenvalue weighted by Crippen LogP contribution is -1.97. The number of aliphatic hydroxyl groups is 1. The Bertz CT molecular complexity index is 417. The van der Waals surface area contributed by atoms with Gasteiger partial charge < -0.3 is 5.11 Å². The van der Waals surface area contributed by atoms with Gasteiger partial charge >= 0.3 is 0 Å². The topological polar surface area (TPSA) is 20.2 Å². The number of rotatable bonds is 4. The fourth-order valence-electron chi connectivity index (χ4n) is 1.77. The summed E-state index contributed by atoms with van der Waals surface area (Å²) >= 11 is 1.59. The number of benzene rings is 1. The highest BCUT2D eigenvalue weighted by Gasteiger charge is 2.10. The van der Waals surface area contributed by atoms with Gasteiger partial charge in [-0.2, -0.15) is 0 Å². The molecule has 0 radical (unpaired) electrons. The van der Waals surface area contributed by atoms with Gasteiger partial charge in [-0.05, 0) is 29.0 Å². The summed E-state index contributed by atoms with van der Waals surface area (Å²) < 4.78 is 0. The third kappa shape index (κ3) is 2.52. The average Bonchev–Trinajstić information content (AvgIpc) is 2.83. The lowest BCUT2D eigenvalue weighted by molar-refractivity contribution is 0.224. The summed E-state index contributed by atoms with van der Waals surface area (Å²) in [6.07, 6.45) is 1.79. The fourth-order valence-corrected chi connectivity index (χ4v) is 2.50. The quantitative estimate of drug-likeness (QED) is 0.850. The van der Waals surface area contributed by atoms with Crippen molar-refractivity contribution < 1.29 is 5.11 Å². The Kier molecular flexibility index (Phi) is 3.75. The first-order chi connectivity index (χ1) is 7.81. The Morgan fingerprint density at radius 3 is 2.50 bits per heavy atom. The molecule has 0 aliphatic heterocycles. The Labute approximate surface area is 100 Å². The highest BCUT2D eigenvalue weighted by atomic mass is 32.1. The predicted octanol–water partition coefficient (Wildman–Crippen LogP) is 3.78. The van der Waals surface area contributed by atoms with Crippen molar-refractivity contribution in [3.63, 3.8) is 0 Å². The molecule has 0 aliphatic carbocycles. The maximum absolute atomic E-state index is 10.1. The van der Waals surface area contributed by atoms with Crippen molar-refractivity contribution in [1.82, 2.24) is 0 Å². The molecule has 1 N–H and O–H groups in total. The smallest absolute Gasteiger partial charge is 0.113 e. The maximum atomic E-state index is 10.1. The zero-order chi connectivity index (χ0) is 11.4. The molecular formula is C14H16OS. The van der Waals surface area contributed by atoms with Crippen molar-refractivity contribution in [2.45, 2.75) is 25.9 Å². The van der Waals surface area contributed by atoms with Gasteiger partial charge in [0.2, 0.25) is 0 Å². The molecule has 0 saturated heterocycles. The van der Waals surface area contributed by atoms with Crippen LogP contribution in [0.5, 0.6) is 0 Å². The molecule has 1 nitrogen and oxygen atoms in total. The second-order valence-corrected chi connectivity index (χ2v) is 4.89. The van der Waals surface area contributed by atoms with Crippen molar-refractivity contribution >= 4 is 11.3 Å². The second kappa shape index (κ2) is 5.28. The van der Waals surface area contributed by atoms with Crippen molar-refractivity contribution in [3.8, 4) is 0 Å². The summed E-state index contributed by atoms with van der Waals surface area (Å²) in [5.74, 6) is 0. The Hall–Kier alpha value is -1.12. The lowest BCUT2D eigenvalue weighted by atomic mass is 10.0. The van der Waals surface area contributed by atoms with Gasteiger partial charge in [-0.25, -0.2) is 0 Å². The molecule has 1 heterocycles. The number of aliphatic hydroxyl groups excluding tert-OH is 1. The average molecular weight is 232 g/mol. The van der Waals surface area contributed by atoms with Gasteiger partial charge in [0.1, 0.15) is 6.10 Å². The van der Waals surface area contributed by atoms with Crippen LogP contribution in [0.3, 0.4) is 0 Å². The molecule has 0 fully saturated rings. The molecule has 1 aromatic heterocycles. The third-order valence-electron chi connectivity index (χ3n) is 2.65. The number of hydrogen-bond acceptors (Lipinski definition) is 2. The van der Waals surface area contributed by atoms with Crippen LogP contribution in [0.25, 0.3) is 0 Å². The monoisotopic (exact) mass is 232 g/mol. The normalized spacial score (nSPS) is 12.6. The Balaban J connectivity index is 2.15. The van der Waals surface area contributed by atoms with Crippen LogP contribution in [-0.4, -0.2) is 5.11 Å². The summed E-state index contributed by atoms with van der Waals surface area (Å²) in [4.78, 5) is 1.00. The van der Waals surface area contributed by atoms with Crippen LogP contribution in [0.15, 0.2) is 41.8 Å². The van der Waals surface area contributed by atoms with Gasteiger partial charge in [0.25, 0.3) is 0 Å². The molecule has 84 valence electrons. The summed E-state index contributed by atoms with van der Waals surface area (Å²) in [6, 6.07) is 12.2. The Morgan fingerprint density at radius 1 is 1.19 bits per heavy atom. The van der Waals surface area contributed by atoms with E-state index in [0.29, 0.717) is 0 Å². The van der Waals surface area contributed by atoms with Crippen molar-refractivity contribution in [1.29, 1.82) is 0 Å². The molecule has 0 saturated carbocycles. The molecule has 2 rings (SSSR count). The van der Waals surface area contributed by atoms with Crippen molar-refractivity contribution in [2.75, 3.05) is 0 Å². The molecule has 0 aliphatic rings. The minimum atomic E-state index is -0.476. The minimum absolute atomic E-state index is 0.476. The summed E-state index contributed by atoms with van der Waals surface area (Å²) in [5.41, 5.74) is 2.31. The van der Waals surface area contributed by atoms with Crippen LogP contribution in [-0.2, 0) is 6.42 Å². The first kappa shape index (κ1) is 11.4. The van der Waals surface area contributed by atoms with E-state index in [1.807, 2.05) is 29.6 Å². The fraction of sp³-hybridized carbons (Fsp3) is 0.286. The van der Waals surface area contributed by atoms with Crippen molar-refractivity contribution in [2.24, 2.45) is 0 Å². The molecule has 2 heteroatoms. The van der Waals surface area contributed by atoms with E-state index in [0.717, 1.165) is 23.3 Å². The van der Waals surface area contributed by atoms with E-state index in [9.17, 15) is 5.11 Å². The first-order valence-corrected chi connectivity index (χ1v) is 6.49. The van der Waals surface area contributed by atoms with Crippen molar-refractivity contribution in [3.05, 3.63) is 57.8 Å². The Morgan fingerprint density at radius 2 is 1.94 bits per heavy atom. The minimum Gasteiger partial charge on any atom is -0.383 e. The van der Waals surface area contributed by atoms with E-state index in [1.54, 1.807) is 11.3 Å². The van der Waals surface area contributed by atoms with E-state index in [2.05, 4.69) is 19.1 Å². The van der Waals surface area contributed by atoms with E-state index in [4.69, 9.17) is 0 Å². The van der Waals surface area contributed by atoms with Gasteiger partial charge in [0.05, 0.1) is 0 Å². The second-order valence-electron chi connectivity index (χ2n) is 3.91. The lowest BCUT2D eigenvalue weighted by Gasteiger charge is -2.09. The highest BCUT2D eigenvalue weighted by Crippen LogP contribution is 2.25. The van der Waals surface area contributed by atoms with E-state index in [-0.39, 0.29) is 0 Å². The van der Waals surface area contributed by atoms with Crippen LogP contribution in [0.2, 0.25) is 0 Å². The molecular weight excluding hydrogens is 216 g/mol. The molecule has 0 unspecified atom stereocenters. The molecule has 1 aromatic carbocycles. The molecule has 16 heavy (non-hydrogen) atoms. The first-order valence-electron chi connectivity index (χ1n) is 5.61.